The summed E-state index contributed by atoms with van der Waals surface area (Å²) < 4.78 is 2.13. The van der Waals surface area contributed by atoms with Crippen molar-refractivity contribution in [2.45, 2.75) is 33.2 Å². The molecule has 160 valence electrons. The van der Waals surface area contributed by atoms with E-state index in [0.29, 0.717) is 5.57 Å². The van der Waals surface area contributed by atoms with Crippen LogP contribution in [0.25, 0.3) is 11.0 Å². The van der Waals surface area contributed by atoms with Gasteiger partial charge in [-0.25, -0.2) is 4.98 Å². The topological polar surface area (TPSA) is 59.0 Å². The van der Waals surface area contributed by atoms with E-state index in [-0.39, 0.29) is 11.9 Å². The molecule has 1 aliphatic rings. The molecular weight excluding hydrogens is 396 g/mol. The van der Waals surface area contributed by atoms with Gasteiger partial charge in [-0.2, -0.15) is 0 Å². The summed E-state index contributed by atoms with van der Waals surface area (Å²) in [5.41, 5.74) is 7.64. The van der Waals surface area contributed by atoms with E-state index in [1.54, 1.807) is 0 Å². The number of anilines is 2. The SMILES string of the molecule is CCc1ccc(NC(=O)C2=C(C)Nc3nc4ccccc4n3[C@@H]2c2ccc(C)cc2)cc1. The first-order chi connectivity index (χ1) is 15.5. The molecule has 0 bridgehead atoms. The Kier molecular flexibility index (Phi) is 5.02. The van der Waals surface area contributed by atoms with E-state index in [9.17, 15) is 4.79 Å². The van der Waals surface area contributed by atoms with Gasteiger partial charge in [-0.05, 0) is 55.7 Å². The lowest BCUT2D eigenvalue weighted by Crippen LogP contribution is -2.30. The third-order valence-electron chi connectivity index (χ3n) is 6.09. The molecule has 1 atom stereocenters. The first kappa shape index (κ1) is 20.1. The van der Waals surface area contributed by atoms with Crippen LogP contribution >= 0.6 is 0 Å². The van der Waals surface area contributed by atoms with Crippen molar-refractivity contribution in [1.29, 1.82) is 0 Å². The van der Waals surface area contributed by atoms with Crippen LogP contribution in [0, 0.1) is 6.92 Å². The Labute approximate surface area is 187 Å². The molecule has 0 fully saturated rings. The zero-order valence-electron chi connectivity index (χ0n) is 18.5. The number of carbonyl (C=O) groups excluding carboxylic acids is 1. The minimum Gasteiger partial charge on any atom is -0.329 e. The second kappa shape index (κ2) is 8.00. The summed E-state index contributed by atoms with van der Waals surface area (Å²) in [6.45, 7) is 6.13. The number of nitrogens with zero attached hydrogens (tertiary/aromatic N) is 2. The molecule has 5 rings (SSSR count). The van der Waals surface area contributed by atoms with Crippen molar-refractivity contribution in [3.05, 3.63) is 101 Å². The third-order valence-corrected chi connectivity index (χ3v) is 6.09. The van der Waals surface area contributed by atoms with Crippen LogP contribution in [0.3, 0.4) is 0 Å². The number of allylic oxidation sites excluding steroid dienone is 1. The quantitative estimate of drug-likeness (QED) is 0.435. The molecule has 2 N–H and O–H groups in total. The fourth-order valence-electron chi connectivity index (χ4n) is 4.34. The summed E-state index contributed by atoms with van der Waals surface area (Å²) in [7, 11) is 0. The lowest BCUT2D eigenvalue weighted by atomic mass is 9.93. The molecule has 4 aromatic rings. The highest BCUT2D eigenvalue weighted by molar-refractivity contribution is 6.06. The summed E-state index contributed by atoms with van der Waals surface area (Å²) in [6.07, 6.45) is 0.967. The Balaban J connectivity index is 1.62. The number of fused-ring (bicyclic) bond motifs is 3. The maximum atomic E-state index is 13.6. The van der Waals surface area contributed by atoms with E-state index in [2.05, 4.69) is 65.4 Å². The summed E-state index contributed by atoms with van der Waals surface area (Å²) in [5, 5.41) is 6.47. The van der Waals surface area contributed by atoms with Crippen molar-refractivity contribution in [2.75, 3.05) is 10.6 Å². The molecule has 0 unspecified atom stereocenters. The lowest BCUT2D eigenvalue weighted by molar-refractivity contribution is -0.113. The Morgan fingerprint density at radius 2 is 1.72 bits per heavy atom. The van der Waals surface area contributed by atoms with E-state index >= 15 is 0 Å². The minimum absolute atomic E-state index is 0.117. The van der Waals surface area contributed by atoms with Crippen molar-refractivity contribution < 1.29 is 4.79 Å². The largest absolute Gasteiger partial charge is 0.329 e. The molecule has 1 aromatic heterocycles. The van der Waals surface area contributed by atoms with E-state index in [1.165, 1.54) is 11.1 Å². The monoisotopic (exact) mass is 422 g/mol. The van der Waals surface area contributed by atoms with Gasteiger partial charge in [0.15, 0.2) is 0 Å². The van der Waals surface area contributed by atoms with Crippen LogP contribution in [0.1, 0.15) is 36.6 Å². The highest BCUT2D eigenvalue weighted by Crippen LogP contribution is 2.39. The highest BCUT2D eigenvalue weighted by atomic mass is 16.1. The molecule has 0 radical (unpaired) electrons. The van der Waals surface area contributed by atoms with Crippen LogP contribution in [0.5, 0.6) is 0 Å². The van der Waals surface area contributed by atoms with Crippen LogP contribution in [0.4, 0.5) is 11.6 Å². The van der Waals surface area contributed by atoms with Gasteiger partial charge in [0.2, 0.25) is 5.95 Å². The molecule has 0 saturated carbocycles. The van der Waals surface area contributed by atoms with Gasteiger partial charge in [-0.15, -0.1) is 0 Å². The molecule has 5 heteroatoms. The standard InChI is InChI=1S/C27H26N4O/c1-4-19-11-15-21(16-12-19)29-26(32)24-18(3)28-27-30-22-7-5-6-8-23(22)31(27)25(24)20-13-9-17(2)10-14-20/h5-16,25H,4H2,1-3H3,(H,28,30)(H,29,32)/t25-/m1/s1. The third kappa shape index (κ3) is 3.46. The Hall–Kier alpha value is -3.86. The Bertz CT molecular complexity index is 1330. The highest BCUT2D eigenvalue weighted by Gasteiger charge is 2.34. The molecule has 2 heterocycles. The first-order valence-corrected chi connectivity index (χ1v) is 11.0. The van der Waals surface area contributed by atoms with Gasteiger partial charge >= 0.3 is 0 Å². The van der Waals surface area contributed by atoms with Crippen molar-refractivity contribution in [2.24, 2.45) is 0 Å². The predicted molar refractivity (Wildman–Crippen MR) is 130 cm³/mol. The number of aromatic nitrogens is 2. The van der Waals surface area contributed by atoms with Crippen LogP contribution in [-0.4, -0.2) is 15.5 Å². The predicted octanol–water partition coefficient (Wildman–Crippen LogP) is 5.83. The number of amides is 1. The number of hydrogen-bond acceptors (Lipinski definition) is 3. The van der Waals surface area contributed by atoms with Gasteiger partial charge in [0.05, 0.1) is 22.6 Å². The van der Waals surface area contributed by atoms with Gasteiger partial charge < -0.3 is 10.6 Å². The first-order valence-electron chi connectivity index (χ1n) is 11.0. The van der Waals surface area contributed by atoms with Crippen molar-refractivity contribution >= 4 is 28.6 Å². The molecule has 5 nitrogen and oxygen atoms in total. The number of para-hydroxylation sites is 2. The summed E-state index contributed by atoms with van der Waals surface area (Å²) in [5.74, 6) is 0.631. The molecule has 0 saturated heterocycles. The second-order valence-corrected chi connectivity index (χ2v) is 8.28. The molecule has 1 aliphatic heterocycles. The molecule has 1 amide bonds. The van der Waals surface area contributed by atoms with Crippen molar-refractivity contribution in [3.8, 4) is 0 Å². The average Bonchev–Trinajstić information content (AvgIpc) is 3.17. The van der Waals surface area contributed by atoms with Crippen LogP contribution < -0.4 is 10.6 Å². The number of rotatable bonds is 4. The van der Waals surface area contributed by atoms with Gasteiger partial charge in [0, 0.05) is 11.4 Å². The molecule has 0 aliphatic carbocycles. The normalized spacial score (nSPS) is 15.4. The smallest absolute Gasteiger partial charge is 0.255 e. The van der Waals surface area contributed by atoms with Crippen LogP contribution in [-0.2, 0) is 11.2 Å². The average molecular weight is 423 g/mol. The Morgan fingerprint density at radius 1 is 1.00 bits per heavy atom. The number of aryl methyl sites for hydroxylation is 2. The number of carbonyl (C=O) groups is 1. The molecule has 0 spiro atoms. The van der Waals surface area contributed by atoms with Gasteiger partial charge in [-0.3, -0.25) is 9.36 Å². The number of nitrogens with one attached hydrogen (secondary N) is 2. The number of imidazole rings is 1. The molecule has 3 aromatic carbocycles. The zero-order chi connectivity index (χ0) is 22.2. The maximum Gasteiger partial charge on any atom is 0.255 e. The summed E-state index contributed by atoms with van der Waals surface area (Å²) >= 11 is 0. The van der Waals surface area contributed by atoms with E-state index in [4.69, 9.17) is 4.98 Å². The van der Waals surface area contributed by atoms with Crippen LogP contribution in [0.2, 0.25) is 0 Å². The van der Waals surface area contributed by atoms with E-state index in [1.807, 2.05) is 43.3 Å². The summed E-state index contributed by atoms with van der Waals surface area (Å²) in [6, 6.07) is 24.1. The molecule has 32 heavy (non-hydrogen) atoms. The van der Waals surface area contributed by atoms with Gasteiger partial charge in [0.1, 0.15) is 0 Å². The second-order valence-electron chi connectivity index (χ2n) is 8.28. The number of hydrogen-bond donors (Lipinski definition) is 2. The zero-order valence-corrected chi connectivity index (χ0v) is 18.5. The Morgan fingerprint density at radius 3 is 2.44 bits per heavy atom. The fourth-order valence-corrected chi connectivity index (χ4v) is 4.34. The van der Waals surface area contributed by atoms with Crippen molar-refractivity contribution in [1.82, 2.24) is 9.55 Å². The van der Waals surface area contributed by atoms with E-state index < -0.39 is 0 Å². The van der Waals surface area contributed by atoms with Crippen LogP contribution in [0.15, 0.2) is 84.1 Å². The summed E-state index contributed by atoms with van der Waals surface area (Å²) in [4.78, 5) is 18.4. The van der Waals surface area contributed by atoms with Crippen molar-refractivity contribution in [3.63, 3.8) is 0 Å². The fraction of sp³-hybridized carbons (Fsp3) is 0.185. The maximum absolute atomic E-state index is 13.6. The number of benzene rings is 3. The van der Waals surface area contributed by atoms with Gasteiger partial charge in [-0.1, -0.05) is 61.0 Å². The lowest BCUT2D eigenvalue weighted by Gasteiger charge is -2.30. The minimum atomic E-state index is -0.283. The van der Waals surface area contributed by atoms with Gasteiger partial charge in [0.25, 0.3) is 5.91 Å². The molecular formula is C27H26N4O. The van der Waals surface area contributed by atoms with E-state index in [0.717, 1.165) is 40.4 Å².